The molecule has 0 nitrogen and oxygen atoms in total. The predicted octanol–water partition coefficient (Wildman–Crippen LogP) is 5.03. The Bertz CT molecular complexity index is 178. The van der Waals surface area contributed by atoms with Gasteiger partial charge >= 0.3 is 0 Å². The topological polar surface area (TPSA) is 0 Å². The molecule has 0 spiro atoms. The lowest BCUT2D eigenvalue weighted by molar-refractivity contribution is 0.142. The maximum atomic E-state index is 2.53. The molecule has 0 aromatic heterocycles. The van der Waals surface area contributed by atoms with Crippen molar-refractivity contribution >= 4 is 0 Å². The first-order valence-corrected chi connectivity index (χ1v) is 6.54. The molecule has 0 aromatic carbocycles. The Kier molecular flexibility index (Phi) is 3.66. The maximum Gasteiger partial charge on any atom is -0.0241 e. The highest BCUT2D eigenvalue weighted by atomic mass is 14.6. The Balaban J connectivity index is 2.52. The van der Waals surface area contributed by atoms with Gasteiger partial charge in [-0.1, -0.05) is 60.3 Å². The first kappa shape index (κ1) is 12.1. The zero-order valence-electron chi connectivity index (χ0n) is 10.8. The fraction of sp³-hybridized carbons (Fsp3) is 1.00. The summed E-state index contributed by atoms with van der Waals surface area (Å²) in [5.74, 6) is 1.03. The minimum atomic E-state index is 0.603. The highest BCUT2D eigenvalue weighted by Gasteiger charge is 2.58. The van der Waals surface area contributed by atoms with Crippen LogP contribution in [0.4, 0.5) is 0 Å². The van der Waals surface area contributed by atoms with E-state index in [1.165, 1.54) is 38.5 Å². The van der Waals surface area contributed by atoms with Crippen molar-refractivity contribution in [2.45, 2.75) is 73.1 Å². The summed E-state index contributed by atoms with van der Waals surface area (Å²) in [5, 5.41) is 0. The zero-order chi connectivity index (χ0) is 10.8. The van der Waals surface area contributed by atoms with Crippen LogP contribution >= 0.6 is 0 Å². The van der Waals surface area contributed by atoms with Gasteiger partial charge in [-0.3, -0.25) is 0 Å². The summed E-state index contributed by atoms with van der Waals surface area (Å²) in [6, 6.07) is 0. The minimum absolute atomic E-state index is 0.603. The van der Waals surface area contributed by atoms with Crippen molar-refractivity contribution in [3.05, 3.63) is 0 Å². The molecule has 1 aliphatic rings. The molecule has 1 saturated carbocycles. The van der Waals surface area contributed by atoms with Gasteiger partial charge in [-0.15, -0.1) is 0 Å². The third kappa shape index (κ3) is 1.85. The van der Waals surface area contributed by atoms with E-state index in [0.29, 0.717) is 10.8 Å². The molecule has 0 bridgehead atoms. The predicted molar refractivity (Wildman–Crippen MR) is 64.4 cm³/mol. The number of hydrogen-bond acceptors (Lipinski definition) is 0. The number of rotatable bonds is 6. The lowest BCUT2D eigenvalue weighted by atomic mass is 9.69. The summed E-state index contributed by atoms with van der Waals surface area (Å²) in [7, 11) is 0. The van der Waals surface area contributed by atoms with Gasteiger partial charge in [0.05, 0.1) is 0 Å². The van der Waals surface area contributed by atoms with E-state index in [2.05, 4.69) is 34.6 Å². The molecule has 84 valence electrons. The van der Waals surface area contributed by atoms with Crippen LogP contribution < -0.4 is 0 Å². The SMILES string of the molecule is CCCCC1CC1(C)C(C)(CC)CC. The maximum absolute atomic E-state index is 2.53. The normalized spacial score (nSPS) is 31.9. The van der Waals surface area contributed by atoms with Gasteiger partial charge in [0.2, 0.25) is 0 Å². The monoisotopic (exact) mass is 196 g/mol. The molecule has 0 heterocycles. The van der Waals surface area contributed by atoms with Gasteiger partial charge in [-0.05, 0) is 29.6 Å². The highest BCUT2D eigenvalue weighted by molar-refractivity contribution is 5.07. The van der Waals surface area contributed by atoms with E-state index in [9.17, 15) is 0 Å². The first-order valence-electron chi connectivity index (χ1n) is 6.54. The van der Waals surface area contributed by atoms with Crippen LogP contribution in [0.3, 0.4) is 0 Å². The molecular weight excluding hydrogens is 168 g/mol. The number of unbranched alkanes of at least 4 members (excludes halogenated alkanes) is 1. The summed E-state index contributed by atoms with van der Waals surface area (Å²) < 4.78 is 0. The smallest absolute Gasteiger partial charge is 0.0241 e. The van der Waals surface area contributed by atoms with Crippen molar-refractivity contribution in [3.63, 3.8) is 0 Å². The molecule has 0 saturated heterocycles. The molecule has 14 heavy (non-hydrogen) atoms. The molecular formula is C14H28. The van der Waals surface area contributed by atoms with E-state index in [1.807, 2.05) is 0 Å². The Hall–Kier alpha value is 0. The van der Waals surface area contributed by atoms with Crippen LogP contribution in [0.2, 0.25) is 0 Å². The summed E-state index contributed by atoms with van der Waals surface area (Å²) in [6.07, 6.45) is 8.46. The van der Waals surface area contributed by atoms with Crippen molar-refractivity contribution in [2.24, 2.45) is 16.7 Å². The Morgan fingerprint density at radius 1 is 1.21 bits per heavy atom. The second-order valence-electron chi connectivity index (χ2n) is 5.73. The molecule has 0 amide bonds. The van der Waals surface area contributed by atoms with Gasteiger partial charge in [-0.2, -0.15) is 0 Å². The zero-order valence-corrected chi connectivity index (χ0v) is 10.8. The van der Waals surface area contributed by atoms with Crippen LogP contribution in [0.15, 0.2) is 0 Å². The summed E-state index contributed by atoms with van der Waals surface area (Å²) in [5.41, 5.74) is 1.27. The fourth-order valence-electron chi connectivity index (χ4n) is 3.12. The first-order chi connectivity index (χ1) is 6.54. The summed E-state index contributed by atoms with van der Waals surface area (Å²) >= 11 is 0. The van der Waals surface area contributed by atoms with E-state index in [0.717, 1.165) is 5.92 Å². The summed E-state index contributed by atoms with van der Waals surface area (Å²) in [4.78, 5) is 0. The standard InChI is InChI=1S/C14H28/c1-6-9-10-12-11-14(12,5)13(4,7-2)8-3/h12H,6-11H2,1-5H3. The Morgan fingerprint density at radius 2 is 1.79 bits per heavy atom. The van der Waals surface area contributed by atoms with Gasteiger partial charge in [-0.25, -0.2) is 0 Å². The largest absolute Gasteiger partial charge is 0.0654 e. The molecule has 0 N–H and O–H groups in total. The van der Waals surface area contributed by atoms with Gasteiger partial charge in [0.25, 0.3) is 0 Å². The number of hydrogen-bond donors (Lipinski definition) is 0. The molecule has 0 radical (unpaired) electrons. The average molecular weight is 196 g/mol. The van der Waals surface area contributed by atoms with Crippen LogP contribution in [-0.2, 0) is 0 Å². The molecule has 0 aliphatic heterocycles. The highest BCUT2D eigenvalue weighted by Crippen LogP contribution is 2.66. The molecule has 1 rings (SSSR count). The fourth-order valence-corrected chi connectivity index (χ4v) is 3.12. The van der Waals surface area contributed by atoms with E-state index < -0.39 is 0 Å². The molecule has 2 atom stereocenters. The molecule has 1 fully saturated rings. The molecule has 2 unspecified atom stereocenters. The summed E-state index contributed by atoms with van der Waals surface area (Å²) in [6.45, 7) is 12.1. The lowest BCUT2D eigenvalue weighted by Crippen LogP contribution is -2.27. The van der Waals surface area contributed by atoms with Crippen molar-refractivity contribution < 1.29 is 0 Å². The van der Waals surface area contributed by atoms with Gasteiger partial charge < -0.3 is 0 Å². The van der Waals surface area contributed by atoms with Crippen LogP contribution in [0, 0.1) is 16.7 Å². The van der Waals surface area contributed by atoms with Crippen LogP contribution in [0.25, 0.3) is 0 Å². The van der Waals surface area contributed by atoms with Crippen molar-refractivity contribution in [1.82, 2.24) is 0 Å². The third-order valence-electron chi connectivity index (χ3n) is 5.26. The quantitative estimate of drug-likeness (QED) is 0.559. The van der Waals surface area contributed by atoms with Crippen LogP contribution in [0.5, 0.6) is 0 Å². The molecule has 1 aliphatic carbocycles. The average Bonchev–Trinajstić information content (AvgIpc) is 2.87. The second kappa shape index (κ2) is 4.24. The van der Waals surface area contributed by atoms with Crippen molar-refractivity contribution in [3.8, 4) is 0 Å². The molecule has 0 aromatic rings. The van der Waals surface area contributed by atoms with Crippen molar-refractivity contribution in [1.29, 1.82) is 0 Å². The van der Waals surface area contributed by atoms with Crippen molar-refractivity contribution in [2.75, 3.05) is 0 Å². The lowest BCUT2D eigenvalue weighted by Gasteiger charge is -2.35. The Labute approximate surface area is 90.5 Å². The van der Waals surface area contributed by atoms with E-state index in [-0.39, 0.29) is 0 Å². The third-order valence-corrected chi connectivity index (χ3v) is 5.26. The van der Waals surface area contributed by atoms with E-state index in [1.54, 1.807) is 0 Å². The molecule has 0 heteroatoms. The minimum Gasteiger partial charge on any atom is -0.0654 e. The van der Waals surface area contributed by atoms with Crippen LogP contribution in [0.1, 0.15) is 73.1 Å². The Morgan fingerprint density at radius 3 is 2.21 bits per heavy atom. The van der Waals surface area contributed by atoms with Gasteiger partial charge in [0.15, 0.2) is 0 Å². The van der Waals surface area contributed by atoms with E-state index in [4.69, 9.17) is 0 Å². The van der Waals surface area contributed by atoms with E-state index >= 15 is 0 Å². The van der Waals surface area contributed by atoms with Gasteiger partial charge in [0.1, 0.15) is 0 Å². The van der Waals surface area contributed by atoms with Crippen LogP contribution in [-0.4, -0.2) is 0 Å². The second-order valence-corrected chi connectivity index (χ2v) is 5.73. The van der Waals surface area contributed by atoms with Gasteiger partial charge in [0, 0.05) is 0 Å².